The molecule has 0 saturated carbocycles. The van der Waals surface area contributed by atoms with Crippen molar-refractivity contribution in [2.24, 2.45) is 0 Å². The third-order valence-electron chi connectivity index (χ3n) is 2.47. The molecule has 1 aromatic rings. The number of benzene rings is 1. The van der Waals surface area contributed by atoms with E-state index >= 15 is 0 Å². The zero-order valence-corrected chi connectivity index (χ0v) is 11.8. The number of halogens is 1. The summed E-state index contributed by atoms with van der Waals surface area (Å²) in [7, 11) is 3.56. The van der Waals surface area contributed by atoms with Gasteiger partial charge in [-0.2, -0.15) is 0 Å². The molecule has 1 N–H and O–H groups in total. The molecule has 1 rings (SSSR count). The molecule has 0 bridgehead atoms. The maximum atomic E-state index is 12.8. The van der Waals surface area contributed by atoms with Gasteiger partial charge in [-0.05, 0) is 36.8 Å². The van der Waals surface area contributed by atoms with Crippen LogP contribution in [0.4, 0.5) is 4.39 Å². The first-order valence-electron chi connectivity index (χ1n) is 5.78. The van der Waals surface area contributed by atoms with Gasteiger partial charge in [-0.3, -0.25) is 0 Å². The average Bonchev–Trinajstić information content (AvgIpc) is 2.32. The zero-order valence-electron chi connectivity index (χ0n) is 10.9. The molecule has 3 nitrogen and oxygen atoms in total. The summed E-state index contributed by atoms with van der Waals surface area (Å²) in [4.78, 5) is 1.91. The Morgan fingerprint density at radius 3 is 2.61 bits per heavy atom. The molecule has 0 spiro atoms. The first-order valence-corrected chi connectivity index (χ1v) is 6.18. The number of ether oxygens (including phenoxy) is 1. The SMILES string of the molecule is COCC(C)NC(=S)N(C)Cc1ccc(F)cc1. The molecular formula is C13H19FN2OS. The van der Waals surface area contributed by atoms with Crippen LogP contribution >= 0.6 is 12.2 Å². The summed E-state index contributed by atoms with van der Waals surface area (Å²) < 4.78 is 17.8. The Morgan fingerprint density at radius 1 is 1.44 bits per heavy atom. The smallest absolute Gasteiger partial charge is 0.169 e. The van der Waals surface area contributed by atoms with Gasteiger partial charge >= 0.3 is 0 Å². The average molecular weight is 270 g/mol. The van der Waals surface area contributed by atoms with E-state index in [1.54, 1.807) is 19.2 Å². The lowest BCUT2D eigenvalue weighted by Crippen LogP contribution is -2.43. The predicted molar refractivity (Wildman–Crippen MR) is 74.9 cm³/mol. The highest BCUT2D eigenvalue weighted by Gasteiger charge is 2.08. The van der Waals surface area contributed by atoms with Gasteiger partial charge in [0.25, 0.3) is 0 Å². The van der Waals surface area contributed by atoms with Crippen molar-refractivity contribution in [2.75, 3.05) is 20.8 Å². The fraction of sp³-hybridized carbons (Fsp3) is 0.462. The van der Waals surface area contributed by atoms with Gasteiger partial charge in [0, 0.05) is 26.7 Å². The molecule has 0 aliphatic heterocycles. The second-order valence-corrected chi connectivity index (χ2v) is 4.68. The van der Waals surface area contributed by atoms with Crippen molar-refractivity contribution >= 4 is 17.3 Å². The number of thiocarbonyl (C=S) groups is 1. The Kier molecular flexibility index (Phi) is 6.01. The minimum atomic E-state index is -0.226. The highest BCUT2D eigenvalue weighted by atomic mass is 32.1. The first-order chi connectivity index (χ1) is 8.52. The quantitative estimate of drug-likeness (QED) is 0.829. The molecule has 1 unspecified atom stereocenters. The Morgan fingerprint density at radius 2 is 2.06 bits per heavy atom. The molecule has 0 saturated heterocycles. The summed E-state index contributed by atoms with van der Waals surface area (Å²) in [6, 6.07) is 6.58. The number of nitrogens with one attached hydrogen (secondary N) is 1. The molecule has 100 valence electrons. The Labute approximate surface area is 113 Å². The zero-order chi connectivity index (χ0) is 13.5. The van der Waals surface area contributed by atoms with E-state index in [-0.39, 0.29) is 11.9 Å². The highest BCUT2D eigenvalue weighted by molar-refractivity contribution is 7.80. The van der Waals surface area contributed by atoms with Gasteiger partial charge in [0.2, 0.25) is 0 Å². The van der Waals surface area contributed by atoms with E-state index < -0.39 is 0 Å². The standard InChI is InChI=1S/C13H19FN2OS/c1-10(9-17-3)15-13(18)16(2)8-11-4-6-12(14)7-5-11/h4-7,10H,8-9H2,1-3H3,(H,15,18). The number of hydrogen-bond acceptors (Lipinski definition) is 2. The van der Waals surface area contributed by atoms with Gasteiger partial charge in [0.1, 0.15) is 5.82 Å². The monoisotopic (exact) mass is 270 g/mol. The number of rotatable bonds is 5. The molecule has 0 heterocycles. The summed E-state index contributed by atoms with van der Waals surface area (Å²) in [6.07, 6.45) is 0. The van der Waals surface area contributed by atoms with Gasteiger partial charge in [0.05, 0.1) is 6.61 Å². The fourth-order valence-electron chi connectivity index (χ4n) is 1.55. The van der Waals surface area contributed by atoms with Crippen LogP contribution in [0.3, 0.4) is 0 Å². The van der Waals surface area contributed by atoms with Gasteiger partial charge in [-0.1, -0.05) is 12.1 Å². The molecule has 0 aromatic heterocycles. The van der Waals surface area contributed by atoms with Crippen LogP contribution in [0.2, 0.25) is 0 Å². The summed E-state index contributed by atoms with van der Waals surface area (Å²) >= 11 is 5.28. The van der Waals surface area contributed by atoms with Crippen LogP contribution < -0.4 is 5.32 Å². The van der Waals surface area contributed by atoms with Gasteiger partial charge in [0.15, 0.2) is 5.11 Å². The second kappa shape index (κ2) is 7.28. The molecule has 5 heteroatoms. The fourth-order valence-corrected chi connectivity index (χ4v) is 1.81. The van der Waals surface area contributed by atoms with Crippen molar-refractivity contribution in [3.8, 4) is 0 Å². The summed E-state index contributed by atoms with van der Waals surface area (Å²) in [6.45, 7) is 3.25. The topological polar surface area (TPSA) is 24.5 Å². The molecule has 1 atom stereocenters. The lowest BCUT2D eigenvalue weighted by molar-refractivity contribution is 0.178. The lowest BCUT2D eigenvalue weighted by Gasteiger charge is -2.24. The van der Waals surface area contributed by atoms with E-state index in [1.165, 1.54) is 12.1 Å². The second-order valence-electron chi connectivity index (χ2n) is 4.29. The van der Waals surface area contributed by atoms with Crippen molar-refractivity contribution in [3.63, 3.8) is 0 Å². The number of hydrogen-bond donors (Lipinski definition) is 1. The predicted octanol–water partition coefficient (Wildman–Crippen LogP) is 2.17. The summed E-state index contributed by atoms with van der Waals surface area (Å²) in [5, 5.41) is 3.83. The Bertz CT molecular complexity index is 383. The molecule has 18 heavy (non-hydrogen) atoms. The van der Waals surface area contributed by atoms with Gasteiger partial charge in [-0.15, -0.1) is 0 Å². The van der Waals surface area contributed by atoms with E-state index in [1.807, 2.05) is 18.9 Å². The van der Waals surface area contributed by atoms with Crippen molar-refractivity contribution < 1.29 is 9.13 Å². The van der Waals surface area contributed by atoms with Crippen LogP contribution in [-0.2, 0) is 11.3 Å². The maximum absolute atomic E-state index is 12.8. The molecule has 0 radical (unpaired) electrons. The third kappa shape index (κ3) is 4.98. The van der Waals surface area contributed by atoms with E-state index in [9.17, 15) is 4.39 Å². The number of methoxy groups -OCH3 is 1. The molecule has 1 aromatic carbocycles. The lowest BCUT2D eigenvalue weighted by atomic mass is 10.2. The highest BCUT2D eigenvalue weighted by Crippen LogP contribution is 2.05. The summed E-state index contributed by atoms with van der Waals surface area (Å²) in [5.74, 6) is -0.226. The van der Waals surface area contributed by atoms with Crippen molar-refractivity contribution in [1.82, 2.24) is 10.2 Å². The van der Waals surface area contributed by atoms with Gasteiger partial charge in [-0.25, -0.2) is 4.39 Å². The van der Waals surface area contributed by atoms with Crippen molar-refractivity contribution in [2.45, 2.75) is 19.5 Å². The normalized spacial score (nSPS) is 12.0. The minimum Gasteiger partial charge on any atom is -0.383 e. The van der Waals surface area contributed by atoms with Crippen LogP contribution in [0.5, 0.6) is 0 Å². The van der Waals surface area contributed by atoms with Gasteiger partial charge < -0.3 is 15.0 Å². The molecular weight excluding hydrogens is 251 g/mol. The molecule has 0 aliphatic rings. The molecule has 0 amide bonds. The van der Waals surface area contributed by atoms with E-state index in [0.29, 0.717) is 18.3 Å². The van der Waals surface area contributed by atoms with Crippen molar-refractivity contribution in [3.05, 3.63) is 35.6 Å². The maximum Gasteiger partial charge on any atom is 0.169 e. The van der Waals surface area contributed by atoms with Crippen LogP contribution in [0.1, 0.15) is 12.5 Å². The Hall–Kier alpha value is -1.20. The first kappa shape index (κ1) is 14.9. The number of nitrogens with zero attached hydrogens (tertiary/aromatic N) is 1. The molecule has 0 aliphatic carbocycles. The summed E-state index contributed by atoms with van der Waals surface area (Å²) in [5.41, 5.74) is 1.02. The Balaban J connectivity index is 2.46. The van der Waals surface area contributed by atoms with E-state index in [2.05, 4.69) is 5.32 Å². The third-order valence-corrected chi connectivity index (χ3v) is 2.90. The van der Waals surface area contributed by atoms with Crippen LogP contribution in [0.15, 0.2) is 24.3 Å². The van der Waals surface area contributed by atoms with Crippen molar-refractivity contribution in [1.29, 1.82) is 0 Å². The van der Waals surface area contributed by atoms with Crippen LogP contribution in [0, 0.1) is 5.82 Å². The van der Waals surface area contributed by atoms with Crippen LogP contribution in [-0.4, -0.2) is 36.8 Å². The molecule has 0 fully saturated rings. The van der Waals surface area contributed by atoms with E-state index in [4.69, 9.17) is 17.0 Å². The van der Waals surface area contributed by atoms with Crippen LogP contribution in [0.25, 0.3) is 0 Å². The minimum absolute atomic E-state index is 0.165. The van der Waals surface area contributed by atoms with E-state index in [0.717, 1.165) is 5.56 Å². The largest absolute Gasteiger partial charge is 0.383 e.